The Morgan fingerprint density at radius 1 is 1.35 bits per heavy atom. The maximum absolute atomic E-state index is 5.99. The van der Waals surface area contributed by atoms with Gasteiger partial charge in [-0.3, -0.25) is 4.98 Å². The Morgan fingerprint density at radius 2 is 2.15 bits per heavy atom. The van der Waals surface area contributed by atoms with E-state index in [0.29, 0.717) is 30.7 Å². The van der Waals surface area contributed by atoms with Crippen molar-refractivity contribution in [1.29, 1.82) is 0 Å². The van der Waals surface area contributed by atoms with Gasteiger partial charge in [0.15, 0.2) is 0 Å². The molecule has 2 fully saturated rings. The van der Waals surface area contributed by atoms with Gasteiger partial charge in [-0.1, -0.05) is 24.3 Å². The van der Waals surface area contributed by atoms with Crippen LogP contribution in [-0.4, -0.2) is 23.1 Å². The van der Waals surface area contributed by atoms with Crippen LogP contribution in [0.4, 0.5) is 0 Å². The van der Waals surface area contributed by atoms with Crippen molar-refractivity contribution in [2.24, 2.45) is 11.7 Å². The Balaban J connectivity index is 1.41. The van der Waals surface area contributed by atoms with E-state index in [1.807, 2.05) is 37.4 Å². The van der Waals surface area contributed by atoms with Crippen LogP contribution in [0.25, 0.3) is 0 Å². The number of nitrogens with one attached hydrogen (secondary N) is 1. The van der Waals surface area contributed by atoms with Gasteiger partial charge in [-0.2, -0.15) is 0 Å². The molecule has 2 aliphatic carbocycles. The molecule has 140 valence electrons. The summed E-state index contributed by atoms with van der Waals surface area (Å²) in [5, 5.41) is 3.79. The summed E-state index contributed by atoms with van der Waals surface area (Å²) in [7, 11) is 0. The molecule has 3 rings (SSSR count). The lowest BCUT2D eigenvalue weighted by atomic mass is 9.92. The third kappa shape index (κ3) is 5.55. The van der Waals surface area contributed by atoms with Crippen LogP contribution in [-0.2, 0) is 11.3 Å². The monoisotopic (exact) mass is 353 g/mol. The minimum atomic E-state index is 0.409. The number of ether oxygens (including phenoxy) is 1. The van der Waals surface area contributed by atoms with Gasteiger partial charge in [-0.05, 0) is 57.2 Å². The molecule has 4 heteroatoms. The van der Waals surface area contributed by atoms with Crippen molar-refractivity contribution in [3.63, 3.8) is 0 Å². The third-order valence-corrected chi connectivity index (χ3v) is 5.36. The van der Waals surface area contributed by atoms with E-state index in [1.54, 1.807) is 6.20 Å². The van der Waals surface area contributed by atoms with Crippen LogP contribution in [0, 0.1) is 5.92 Å². The number of nitrogens with zero attached hydrogens (tertiary/aromatic N) is 1. The molecule has 4 nitrogen and oxygen atoms in total. The van der Waals surface area contributed by atoms with Gasteiger partial charge in [0.05, 0.1) is 0 Å². The highest BCUT2D eigenvalue weighted by atomic mass is 16.5. The summed E-state index contributed by atoms with van der Waals surface area (Å²) in [6.45, 7) is 6.77. The van der Waals surface area contributed by atoms with Gasteiger partial charge in [-0.15, -0.1) is 0 Å². The van der Waals surface area contributed by atoms with Crippen molar-refractivity contribution in [2.45, 2.75) is 63.8 Å². The van der Waals surface area contributed by atoms with Crippen LogP contribution in [0.3, 0.4) is 0 Å². The molecule has 1 aromatic rings. The topological polar surface area (TPSA) is 60.2 Å². The Morgan fingerprint density at radius 3 is 2.85 bits per heavy atom. The molecule has 0 bridgehead atoms. The predicted octanol–water partition coefficient (Wildman–Crippen LogP) is 3.86. The van der Waals surface area contributed by atoms with E-state index in [2.05, 4.69) is 23.0 Å². The fraction of sp³-hybridized carbons (Fsp3) is 0.500. The largest absolute Gasteiger partial charge is 0.489 e. The van der Waals surface area contributed by atoms with E-state index in [0.717, 1.165) is 24.2 Å². The van der Waals surface area contributed by atoms with Crippen LogP contribution in [0.1, 0.15) is 44.6 Å². The number of allylic oxidation sites excluding steroid dienone is 3. The molecule has 0 spiro atoms. The quantitative estimate of drug-likeness (QED) is 0.550. The number of nitrogens with two attached hydrogens (primary N) is 1. The molecule has 2 aliphatic rings. The zero-order valence-corrected chi connectivity index (χ0v) is 15.7. The maximum Gasteiger partial charge on any atom is 0.115 e. The first-order valence-electron chi connectivity index (χ1n) is 9.72. The molecule has 2 atom stereocenters. The molecule has 3 N–H and O–H groups in total. The fourth-order valence-electron chi connectivity index (χ4n) is 3.57. The Bertz CT molecular complexity index is 645. The summed E-state index contributed by atoms with van der Waals surface area (Å²) in [5.74, 6) is 1.42. The summed E-state index contributed by atoms with van der Waals surface area (Å²) in [5.41, 5.74) is 8.24. The predicted molar refractivity (Wildman–Crippen MR) is 106 cm³/mol. The number of rotatable bonds is 8. The lowest BCUT2D eigenvalue weighted by Crippen LogP contribution is -2.38. The van der Waals surface area contributed by atoms with Gasteiger partial charge in [-0.25, -0.2) is 0 Å². The summed E-state index contributed by atoms with van der Waals surface area (Å²) >= 11 is 0. The van der Waals surface area contributed by atoms with E-state index in [1.165, 1.54) is 24.8 Å². The highest BCUT2D eigenvalue weighted by Gasteiger charge is 2.39. The van der Waals surface area contributed by atoms with E-state index in [-0.39, 0.29) is 0 Å². The van der Waals surface area contributed by atoms with Gasteiger partial charge in [0.1, 0.15) is 12.4 Å². The first kappa shape index (κ1) is 18.9. The smallest absolute Gasteiger partial charge is 0.115 e. The average molecular weight is 354 g/mol. The molecular weight excluding hydrogens is 322 g/mol. The van der Waals surface area contributed by atoms with Crippen LogP contribution in [0.15, 0.2) is 60.7 Å². The van der Waals surface area contributed by atoms with Crippen LogP contribution in [0.2, 0.25) is 0 Å². The van der Waals surface area contributed by atoms with Crippen LogP contribution < -0.4 is 11.1 Å². The highest BCUT2D eigenvalue weighted by Crippen LogP contribution is 2.38. The van der Waals surface area contributed by atoms with Crippen molar-refractivity contribution < 1.29 is 4.74 Å². The minimum Gasteiger partial charge on any atom is -0.489 e. The van der Waals surface area contributed by atoms with Gasteiger partial charge in [0.25, 0.3) is 0 Å². The maximum atomic E-state index is 5.99. The summed E-state index contributed by atoms with van der Waals surface area (Å²) in [6.07, 6.45) is 15.6. The summed E-state index contributed by atoms with van der Waals surface area (Å²) in [4.78, 5) is 4.11. The minimum absolute atomic E-state index is 0.409. The average Bonchev–Trinajstić information content (AvgIpc) is 3.43. The van der Waals surface area contributed by atoms with Gasteiger partial charge >= 0.3 is 0 Å². The molecule has 0 aromatic carbocycles. The standard InChI is InChI=1S/C22H31N3O/c1-3-20(26-15-17-5-4-12-24-14-17)11-6-16(2)21-13-22(21)25-19-9-7-18(23)8-10-19/h3-6,11-12,14,18-19,21-22,25H,2,7-10,13,15,23H2,1H3/b11-6-,20-3+/t18?,19?,21-,22+/m1/s1. The van der Waals surface area contributed by atoms with E-state index < -0.39 is 0 Å². The molecule has 1 heterocycles. The van der Waals surface area contributed by atoms with Crippen molar-refractivity contribution in [3.8, 4) is 0 Å². The van der Waals surface area contributed by atoms with Crippen LogP contribution in [0.5, 0.6) is 0 Å². The van der Waals surface area contributed by atoms with Crippen molar-refractivity contribution in [2.75, 3.05) is 0 Å². The molecule has 26 heavy (non-hydrogen) atoms. The number of pyridine rings is 1. The molecular formula is C22H31N3O. The van der Waals surface area contributed by atoms with E-state index >= 15 is 0 Å². The van der Waals surface area contributed by atoms with Crippen molar-refractivity contribution in [1.82, 2.24) is 10.3 Å². The van der Waals surface area contributed by atoms with E-state index in [4.69, 9.17) is 10.5 Å². The molecule has 0 unspecified atom stereocenters. The zero-order chi connectivity index (χ0) is 18.4. The molecule has 0 radical (unpaired) electrons. The van der Waals surface area contributed by atoms with Crippen molar-refractivity contribution in [3.05, 3.63) is 66.2 Å². The lowest BCUT2D eigenvalue weighted by Gasteiger charge is -2.27. The summed E-state index contributed by atoms with van der Waals surface area (Å²) < 4.78 is 5.85. The Hall–Kier alpha value is -1.91. The van der Waals surface area contributed by atoms with Gasteiger partial charge in [0, 0.05) is 42.0 Å². The van der Waals surface area contributed by atoms with Crippen LogP contribution >= 0.6 is 0 Å². The second-order valence-corrected chi connectivity index (χ2v) is 7.48. The first-order chi connectivity index (χ1) is 12.7. The Kier molecular flexibility index (Phi) is 6.64. The van der Waals surface area contributed by atoms with Gasteiger partial charge in [0.2, 0.25) is 0 Å². The second kappa shape index (κ2) is 9.15. The Labute approximate surface area is 157 Å². The molecule has 0 amide bonds. The first-order valence-corrected chi connectivity index (χ1v) is 9.72. The highest BCUT2D eigenvalue weighted by molar-refractivity contribution is 5.30. The number of hydrogen-bond donors (Lipinski definition) is 2. The summed E-state index contributed by atoms with van der Waals surface area (Å²) in [6, 6.07) is 5.56. The fourth-order valence-corrected chi connectivity index (χ4v) is 3.57. The number of hydrogen-bond acceptors (Lipinski definition) is 4. The molecule has 2 saturated carbocycles. The zero-order valence-electron chi connectivity index (χ0n) is 15.7. The SMILES string of the molecule is C=C(/C=C\C(=C/C)OCc1cccnc1)[C@H]1C[C@@H]1NC1CCC(N)CC1. The van der Waals surface area contributed by atoms with Gasteiger partial charge < -0.3 is 15.8 Å². The molecule has 0 aliphatic heterocycles. The number of aromatic nitrogens is 1. The second-order valence-electron chi connectivity index (χ2n) is 7.48. The lowest BCUT2D eigenvalue weighted by molar-refractivity contribution is 0.210. The molecule has 1 aromatic heterocycles. The van der Waals surface area contributed by atoms with Crippen molar-refractivity contribution >= 4 is 0 Å². The van der Waals surface area contributed by atoms with E-state index in [9.17, 15) is 0 Å². The molecule has 0 saturated heterocycles. The third-order valence-electron chi connectivity index (χ3n) is 5.36. The normalized spacial score (nSPS) is 28.9.